The number of hydrogen-bond acceptors (Lipinski definition) is 8. The molecule has 0 aliphatic carbocycles. The molecule has 4 heterocycles. The largest absolute Gasteiger partial charge is 0.505 e. The average Bonchev–Trinajstić information content (AvgIpc) is 3.40. The van der Waals surface area contributed by atoms with Crippen LogP contribution in [0.25, 0.3) is 10.2 Å². The topological polar surface area (TPSA) is 113 Å². The lowest BCUT2D eigenvalue weighted by Gasteiger charge is -2.20. The lowest BCUT2D eigenvalue weighted by atomic mass is 10.2. The number of sulfonamides is 1. The van der Waals surface area contributed by atoms with Crippen molar-refractivity contribution in [2.45, 2.75) is 11.4 Å². The van der Waals surface area contributed by atoms with Crippen LogP contribution in [0.5, 0.6) is 5.75 Å². The molecule has 0 saturated heterocycles. The highest BCUT2D eigenvalue weighted by atomic mass is 32.2. The molecule has 0 unspecified atom stereocenters. The van der Waals surface area contributed by atoms with Crippen molar-refractivity contribution in [3.8, 4) is 5.75 Å². The molecule has 30 heavy (non-hydrogen) atoms. The Morgan fingerprint density at radius 3 is 2.80 bits per heavy atom. The molecular formula is C19H14N4O4S3. The lowest BCUT2D eigenvalue weighted by molar-refractivity contribution is 0.479. The van der Waals surface area contributed by atoms with Crippen LogP contribution in [0, 0.1) is 0 Å². The van der Waals surface area contributed by atoms with E-state index in [4.69, 9.17) is 0 Å². The molecule has 3 aromatic heterocycles. The summed E-state index contributed by atoms with van der Waals surface area (Å²) in [5.41, 5.74) is 4.05. The third kappa shape index (κ3) is 2.98. The minimum absolute atomic E-state index is 0.0151. The fourth-order valence-corrected chi connectivity index (χ4v) is 5.87. The molecule has 0 bridgehead atoms. The Hall–Kier alpha value is -3.15. The summed E-state index contributed by atoms with van der Waals surface area (Å²) in [6.45, 7) is 0.388. The third-order valence-electron chi connectivity index (χ3n) is 4.64. The van der Waals surface area contributed by atoms with Crippen molar-refractivity contribution >= 4 is 54.4 Å². The van der Waals surface area contributed by atoms with Crippen molar-refractivity contribution in [1.29, 1.82) is 0 Å². The van der Waals surface area contributed by atoms with Crippen molar-refractivity contribution in [2.24, 2.45) is 4.40 Å². The Balaban J connectivity index is 1.69. The van der Waals surface area contributed by atoms with Crippen molar-refractivity contribution in [3.05, 3.63) is 74.0 Å². The van der Waals surface area contributed by atoms with Crippen LogP contribution < -0.4 is 16.3 Å². The molecule has 5 rings (SSSR count). The van der Waals surface area contributed by atoms with Gasteiger partial charge in [0.1, 0.15) is 10.5 Å². The van der Waals surface area contributed by atoms with Crippen LogP contribution in [0.3, 0.4) is 0 Å². The maximum absolute atomic E-state index is 13.3. The molecule has 8 nitrogen and oxygen atoms in total. The normalized spacial score (nSPS) is 14.7. The second kappa shape index (κ2) is 6.97. The standard InChI is InChI=1S/C19H14N4O4S3/c24-16-15(18-21-12-3-1-2-4-14(12)30(26,27)22-18)19(25)23(13-6-8-29-17(13)16)20-9-11-5-7-28-10-11/h1-8,10,20,24H,9H2,(H,21,22). The van der Waals surface area contributed by atoms with Gasteiger partial charge in [-0.3, -0.25) is 4.79 Å². The first-order chi connectivity index (χ1) is 14.5. The summed E-state index contributed by atoms with van der Waals surface area (Å²) in [4.78, 5) is 13.3. The zero-order valence-electron chi connectivity index (χ0n) is 15.2. The van der Waals surface area contributed by atoms with Gasteiger partial charge >= 0.3 is 0 Å². The first-order valence-corrected chi connectivity index (χ1v) is 12.0. The highest BCUT2D eigenvalue weighted by Crippen LogP contribution is 2.34. The molecule has 1 aromatic carbocycles. The summed E-state index contributed by atoms with van der Waals surface area (Å²) in [5, 5.41) is 19.3. The van der Waals surface area contributed by atoms with Crippen LogP contribution in [-0.4, -0.2) is 24.0 Å². The van der Waals surface area contributed by atoms with Gasteiger partial charge < -0.3 is 15.8 Å². The van der Waals surface area contributed by atoms with E-state index in [9.17, 15) is 18.3 Å². The molecule has 0 saturated carbocycles. The number of nitrogens with one attached hydrogen (secondary N) is 2. The number of benzene rings is 1. The number of anilines is 1. The average molecular weight is 459 g/mol. The van der Waals surface area contributed by atoms with Gasteiger partial charge in [0, 0.05) is 0 Å². The Labute approximate surface area is 178 Å². The van der Waals surface area contributed by atoms with Gasteiger partial charge in [-0.1, -0.05) is 12.1 Å². The molecule has 0 atom stereocenters. The fraction of sp³-hybridized carbons (Fsp3) is 0.0526. The number of rotatable bonds is 4. The summed E-state index contributed by atoms with van der Waals surface area (Å²) in [7, 11) is -4.02. The smallest absolute Gasteiger partial charge is 0.286 e. The molecule has 1 aliphatic rings. The van der Waals surface area contributed by atoms with Gasteiger partial charge in [0.2, 0.25) is 0 Å². The Morgan fingerprint density at radius 1 is 1.17 bits per heavy atom. The van der Waals surface area contributed by atoms with E-state index in [0.29, 0.717) is 22.4 Å². The van der Waals surface area contributed by atoms with Gasteiger partial charge in [0.25, 0.3) is 15.6 Å². The van der Waals surface area contributed by atoms with Crippen LogP contribution in [0.1, 0.15) is 11.1 Å². The van der Waals surface area contributed by atoms with E-state index in [-0.39, 0.29) is 22.0 Å². The molecule has 0 spiro atoms. The number of aromatic hydroxyl groups is 1. The third-order valence-corrected chi connectivity index (χ3v) is 7.62. The van der Waals surface area contributed by atoms with Crippen molar-refractivity contribution in [3.63, 3.8) is 0 Å². The summed E-state index contributed by atoms with van der Waals surface area (Å²) >= 11 is 2.79. The molecule has 11 heteroatoms. The molecule has 1 aliphatic heterocycles. The van der Waals surface area contributed by atoms with E-state index < -0.39 is 15.6 Å². The van der Waals surface area contributed by atoms with E-state index in [2.05, 4.69) is 15.1 Å². The number of amidine groups is 1. The van der Waals surface area contributed by atoms with E-state index in [1.807, 2.05) is 16.8 Å². The number of aromatic nitrogens is 1. The second-order valence-electron chi connectivity index (χ2n) is 6.50. The molecule has 152 valence electrons. The van der Waals surface area contributed by atoms with E-state index >= 15 is 0 Å². The van der Waals surface area contributed by atoms with E-state index in [1.54, 1.807) is 41.0 Å². The molecule has 0 amide bonds. The van der Waals surface area contributed by atoms with Gasteiger partial charge in [0.05, 0.1) is 22.4 Å². The van der Waals surface area contributed by atoms with Crippen molar-refractivity contribution in [1.82, 2.24) is 4.68 Å². The Bertz CT molecular complexity index is 1470. The number of nitrogens with zero attached hydrogens (tertiary/aromatic N) is 2. The lowest BCUT2D eigenvalue weighted by Crippen LogP contribution is -2.36. The van der Waals surface area contributed by atoms with Crippen molar-refractivity contribution < 1.29 is 13.5 Å². The first kappa shape index (κ1) is 18.9. The minimum atomic E-state index is -4.02. The molecule has 4 aromatic rings. The Kier molecular flexibility index (Phi) is 4.38. The van der Waals surface area contributed by atoms with Gasteiger partial charge in [-0.15, -0.1) is 15.7 Å². The van der Waals surface area contributed by atoms with Gasteiger partial charge in [-0.2, -0.15) is 19.8 Å². The predicted molar refractivity (Wildman–Crippen MR) is 119 cm³/mol. The maximum Gasteiger partial charge on any atom is 0.286 e. The molecule has 0 radical (unpaired) electrons. The number of thiophene rings is 2. The van der Waals surface area contributed by atoms with Gasteiger partial charge in [-0.05, 0) is 46.0 Å². The molecule has 0 fully saturated rings. The number of hydrogen-bond donors (Lipinski definition) is 3. The van der Waals surface area contributed by atoms with Crippen LogP contribution >= 0.6 is 22.7 Å². The predicted octanol–water partition coefficient (Wildman–Crippen LogP) is 3.13. The van der Waals surface area contributed by atoms with E-state index in [0.717, 1.165) is 5.56 Å². The van der Waals surface area contributed by atoms with Crippen LogP contribution in [0.4, 0.5) is 5.69 Å². The zero-order chi connectivity index (χ0) is 20.9. The van der Waals surface area contributed by atoms with Gasteiger partial charge in [0.15, 0.2) is 11.6 Å². The Morgan fingerprint density at radius 2 is 2.00 bits per heavy atom. The van der Waals surface area contributed by atoms with E-state index in [1.165, 1.54) is 22.1 Å². The summed E-state index contributed by atoms with van der Waals surface area (Å²) < 4.78 is 30.8. The highest BCUT2D eigenvalue weighted by molar-refractivity contribution is 7.90. The number of fused-ring (bicyclic) bond motifs is 2. The summed E-state index contributed by atoms with van der Waals surface area (Å²) in [5.74, 6) is -0.517. The summed E-state index contributed by atoms with van der Waals surface area (Å²) in [6.07, 6.45) is 0. The quantitative estimate of drug-likeness (QED) is 0.433. The minimum Gasteiger partial charge on any atom is -0.505 e. The maximum atomic E-state index is 13.3. The SMILES string of the molecule is O=c1c(C2=NS(=O)(=O)c3ccccc3N2)c(O)c2sccc2n1NCc1ccsc1. The monoisotopic (exact) mass is 458 g/mol. The molecule has 3 N–H and O–H groups in total. The van der Waals surface area contributed by atoms with Gasteiger partial charge in [-0.25, -0.2) is 4.68 Å². The second-order valence-corrected chi connectivity index (χ2v) is 9.77. The van der Waals surface area contributed by atoms with Crippen molar-refractivity contribution in [2.75, 3.05) is 10.7 Å². The number of pyridine rings is 1. The van der Waals surface area contributed by atoms with Crippen LogP contribution in [0.15, 0.2) is 66.6 Å². The zero-order valence-corrected chi connectivity index (χ0v) is 17.6. The van der Waals surface area contributed by atoms with Crippen LogP contribution in [0.2, 0.25) is 0 Å². The number of para-hydroxylation sites is 1. The highest BCUT2D eigenvalue weighted by Gasteiger charge is 2.30. The molecular weight excluding hydrogens is 444 g/mol. The van der Waals surface area contributed by atoms with Crippen LogP contribution in [-0.2, 0) is 16.6 Å². The fourth-order valence-electron chi connectivity index (χ4n) is 3.25. The first-order valence-electron chi connectivity index (χ1n) is 8.77. The summed E-state index contributed by atoms with van der Waals surface area (Å²) in [6, 6.07) is 9.93.